The summed E-state index contributed by atoms with van der Waals surface area (Å²) in [4.78, 5) is 23.2. The summed E-state index contributed by atoms with van der Waals surface area (Å²) in [5.41, 5.74) is 0.870. The van der Waals surface area contributed by atoms with Crippen molar-refractivity contribution < 1.29 is 19.4 Å². The van der Waals surface area contributed by atoms with Crippen molar-refractivity contribution in [3.8, 4) is 0 Å². The van der Waals surface area contributed by atoms with Crippen molar-refractivity contribution >= 4 is 28.0 Å². The molecule has 0 saturated carbocycles. The van der Waals surface area contributed by atoms with Gasteiger partial charge in [0.15, 0.2) is 0 Å². The highest BCUT2D eigenvalue weighted by Crippen LogP contribution is 2.23. The Morgan fingerprint density at radius 1 is 1.45 bits per heavy atom. The van der Waals surface area contributed by atoms with Crippen molar-refractivity contribution in [2.75, 3.05) is 0 Å². The number of carboxylic acids is 1. The molecule has 0 aromatic carbocycles. The predicted octanol–water partition coefficient (Wildman–Crippen LogP) is 2.27. The van der Waals surface area contributed by atoms with E-state index in [4.69, 9.17) is 4.74 Å². The Kier molecular flexibility index (Phi) is 5.99. The first-order valence-corrected chi connectivity index (χ1v) is 7.77. The van der Waals surface area contributed by atoms with Crippen LogP contribution in [0.25, 0.3) is 0 Å². The van der Waals surface area contributed by atoms with Crippen LogP contribution in [0.2, 0.25) is 0 Å². The molecule has 0 aliphatic carbocycles. The summed E-state index contributed by atoms with van der Waals surface area (Å²) >= 11 is 3.43. The van der Waals surface area contributed by atoms with E-state index in [9.17, 15) is 14.7 Å². The molecule has 0 aliphatic heterocycles. The maximum Gasteiger partial charge on any atom is 0.408 e. The molecule has 8 heteroatoms. The molecule has 0 aliphatic rings. The number of hydrogen-bond acceptors (Lipinski definition) is 4. The zero-order chi connectivity index (χ0) is 17.1. The van der Waals surface area contributed by atoms with Crippen molar-refractivity contribution in [1.29, 1.82) is 0 Å². The molecular weight excluding hydrogens is 354 g/mol. The minimum absolute atomic E-state index is 0.110. The first-order valence-electron chi connectivity index (χ1n) is 6.97. The van der Waals surface area contributed by atoms with Gasteiger partial charge in [0, 0.05) is 13.5 Å². The normalized spacial score (nSPS) is 12.8. The number of rotatable bonds is 5. The van der Waals surface area contributed by atoms with Crippen LogP contribution in [0.3, 0.4) is 0 Å². The molecule has 7 nitrogen and oxygen atoms in total. The summed E-state index contributed by atoms with van der Waals surface area (Å²) in [6, 6.07) is -1.09. The van der Waals surface area contributed by atoms with Crippen LogP contribution < -0.4 is 5.32 Å². The van der Waals surface area contributed by atoms with Crippen LogP contribution in [0.5, 0.6) is 0 Å². The molecular formula is C14H22BrN3O4. The third-order valence-electron chi connectivity index (χ3n) is 2.89. The number of alkyl carbamates (subject to hydrolysis) is 1. The van der Waals surface area contributed by atoms with Crippen LogP contribution in [0.4, 0.5) is 4.79 Å². The van der Waals surface area contributed by atoms with Crippen LogP contribution in [0, 0.1) is 0 Å². The van der Waals surface area contributed by atoms with Crippen molar-refractivity contribution in [3.05, 3.63) is 15.9 Å². The average molecular weight is 376 g/mol. The van der Waals surface area contributed by atoms with Gasteiger partial charge in [0.05, 0.1) is 15.9 Å². The van der Waals surface area contributed by atoms with Crippen LogP contribution >= 0.6 is 15.9 Å². The van der Waals surface area contributed by atoms with E-state index in [0.29, 0.717) is 5.69 Å². The molecule has 1 aromatic rings. The fraction of sp³-hybridized carbons (Fsp3) is 0.643. The summed E-state index contributed by atoms with van der Waals surface area (Å²) in [6.45, 7) is 7.11. The molecule has 1 aromatic heterocycles. The van der Waals surface area contributed by atoms with Gasteiger partial charge in [0.25, 0.3) is 0 Å². The Labute approximate surface area is 138 Å². The fourth-order valence-corrected chi connectivity index (χ4v) is 2.66. The number of nitrogens with one attached hydrogen (secondary N) is 1. The minimum atomic E-state index is -1.13. The van der Waals surface area contributed by atoms with Gasteiger partial charge in [-0.25, -0.2) is 9.59 Å². The first kappa shape index (κ1) is 18.5. The quantitative estimate of drug-likeness (QED) is 0.822. The zero-order valence-electron chi connectivity index (χ0n) is 13.4. The molecule has 0 radical (unpaired) electrons. The van der Waals surface area contributed by atoms with Crippen molar-refractivity contribution in [2.45, 2.75) is 52.2 Å². The lowest BCUT2D eigenvalue weighted by Crippen LogP contribution is -2.45. The number of amides is 1. The number of carbonyl (C=O) groups excluding carboxylic acids is 1. The molecule has 124 valence electrons. The number of nitrogens with zero attached hydrogens (tertiary/aromatic N) is 2. The molecule has 0 saturated heterocycles. The Morgan fingerprint density at radius 3 is 2.45 bits per heavy atom. The number of aromatic nitrogens is 2. The van der Waals surface area contributed by atoms with E-state index in [1.165, 1.54) is 0 Å². The summed E-state index contributed by atoms with van der Waals surface area (Å²) < 4.78 is 7.49. The van der Waals surface area contributed by atoms with Gasteiger partial charge in [-0.1, -0.05) is 6.92 Å². The van der Waals surface area contributed by atoms with E-state index in [1.54, 1.807) is 32.5 Å². The van der Waals surface area contributed by atoms with Gasteiger partial charge in [-0.2, -0.15) is 5.10 Å². The van der Waals surface area contributed by atoms with Gasteiger partial charge in [-0.3, -0.25) is 4.68 Å². The second-order valence-corrected chi connectivity index (χ2v) is 6.72. The fourth-order valence-electron chi connectivity index (χ4n) is 1.88. The van der Waals surface area contributed by atoms with E-state index in [-0.39, 0.29) is 6.42 Å². The Hall–Kier alpha value is -1.57. The molecule has 0 fully saturated rings. The van der Waals surface area contributed by atoms with Crippen molar-refractivity contribution in [3.63, 3.8) is 0 Å². The molecule has 2 N–H and O–H groups in total. The second-order valence-electron chi connectivity index (χ2n) is 5.93. The zero-order valence-corrected chi connectivity index (χ0v) is 15.0. The highest BCUT2D eigenvalue weighted by atomic mass is 79.9. The smallest absolute Gasteiger partial charge is 0.408 e. The Morgan fingerprint density at radius 2 is 2.05 bits per heavy atom. The third-order valence-corrected chi connectivity index (χ3v) is 3.80. The lowest BCUT2D eigenvalue weighted by atomic mass is 10.1. The average Bonchev–Trinajstić information content (AvgIpc) is 2.62. The summed E-state index contributed by atoms with van der Waals surface area (Å²) in [5.74, 6) is -1.13. The van der Waals surface area contributed by atoms with Gasteiger partial charge < -0.3 is 15.2 Å². The van der Waals surface area contributed by atoms with E-state index in [0.717, 1.165) is 16.6 Å². The molecule has 1 rings (SSSR count). The number of aliphatic carboxylic acids is 1. The standard InChI is InChI=1S/C14H22BrN3O4/c1-6-8-11(15)10(18(5)17-8)7-9(12(19)20)16-13(21)22-14(2,3)4/h9H,6-7H2,1-5H3,(H,16,21)(H,19,20). The number of aryl methyl sites for hydroxylation is 2. The van der Waals surface area contributed by atoms with Gasteiger partial charge in [0.2, 0.25) is 0 Å². The van der Waals surface area contributed by atoms with Gasteiger partial charge in [0.1, 0.15) is 11.6 Å². The molecule has 0 bridgehead atoms. The van der Waals surface area contributed by atoms with Crippen LogP contribution in [-0.4, -0.2) is 38.6 Å². The minimum Gasteiger partial charge on any atom is -0.480 e. The Bertz CT molecular complexity index is 563. The highest BCUT2D eigenvalue weighted by molar-refractivity contribution is 9.10. The van der Waals surface area contributed by atoms with E-state index in [2.05, 4.69) is 26.3 Å². The molecule has 1 unspecified atom stereocenters. The van der Waals surface area contributed by atoms with Gasteiger partial charge in [-0.15, -0.1) is 0 Å². The third kappa shape index (κ3) is 5.01. The summed E-state index contributed by atoms with van der Waals surface area (Å²) in [6.07, 6.45) is 0.0820. The predicted molar refractivity (Wildman–Crippen MR) is 84.8 cm³/mol. The largest absolute Gasteiger partial charge is 0.480 e. The highest BCUT2D eigenvalue weighted by Gasteiger charge is 2.26. The molecule has 0 spiro atoms. The van der Waals surface area contributed by atoms with E-state index in [1.807, 2.05) is 6.92 Å². The molecule has 1 amide bonds. The number of ether oxygens (including phenoxy) is 1. The van der Waals surface area contributed by atoms with Crippen LogP contribution in [0.15, 0.2) is 4.47 Å². The lowest BCUT2D eigenvalue weighted by molar-refractivity contribution is -0.139. The molecule has 1 atom stereocenters. The first-order chi connectivity index (χ1) is 10.0. The van der Waals surface area contributed by atoms with E-state index >= 15 is 0 Å². The Balaban J connectivity index is 2.88. The van der Waals surface area contributed by atoms with Gasteiger partial charge >= 0.3 is 12.1 Å². The molecule has 1 heterocycles. The number of halogens is 1. The summed E-state index contributed by atoms with van der Waals surface area (Å²) in [7, 11) is 1.74. The second kappa shape index (κ2) is 7.13. The van der Waals surface area contributed by atoms with Crippen LogP contribution in [0.1, 0.15) is 39.1 Å². The maximum atomic E-state index is 11.8. The monoisotopic (exact) mass is 375 g/mol. The number of hydrogen-bond donors (Lipinski definition) is 2. The molecule has 22 heavy (non-hydrogen) atoms. The number of carbonyl (C=O) groups is 2. The van der Waals surface area contributed by atoms with Crippen molar-refractivity contribution in [1.82, 2.24) is 15.1 Å². The topological polar surface area (TPSA) is 93.5 Å². The van der Waals surface area contributed by atoms with Crippen LogP contribution in [-0.2, 0) is 29.4 Å². The van der Waals surface area contributed by atoms with Gasteiger partial charge in [-0.05, 0) is 43.1 Å². The van der Waals surface area contributed by atoms with Crippen molar-refractivity contribution in [2.24, 2.45) is 7.05 Å². The lowest BCUT2D eigenvalue weighted by Gasteiger charge is -2.22. The SMILES string of the molecule is CCc1nn(C)c(CC(NC(=O)OC(C)(C)C)C(=O)O)c1Br. The number of carboxylic acid groups (broad SMARTS) is 1. The maximum absolute atomic E-state index is 11.8. The van der Waals surface area contributed by atoms with E-state index < -0.39 is 23.7 Å². The summed E-state index contributed by atoms with van der Waals surface area (Å²) in [5, 5.41) is 16.0.